The van der Waals surface area contributed by atoms with E-state index in [4.69, 9.17) is 15.7 Å². The summed E-state index contributed by atoms with van der Waals surface area (Å²) in [7, 11) is -2.00. The Morgan fingerprint density at radius 3 is 2.80 bits per heavy atom. The lowest BCUT2D eigenvalue weighted by atomic mass is 10.1. The second-order valence-corrected chi connectivity index (χ2v) is 6.09. The average Bonchev–Trinajstić information content (AvgIpc) is 2.38. The highest BCUT2D eigenvalue weighted by Crippen LogP contribution is 2.20. The highest BCUT2D eigenvalue weighted by atomic mass is 32.2. The lowest BCUT2D eigenvalue weighted by molar-refractivity contribution is 0.199. The maximum absolute atomic E-state index is 11.9. The summed E-state index contributed by atoms with van der Waals surface area (Å²) < 4.78 is 31.1. The van der Waals surface area contributed by atoms with Gasteiger partial charge in [0.1, 0.15) is 0 Å². The molecule has 0 heterocycles. The minimum atomic E-state index is -3.51. The summed E-state index contributed by atoms with van der Waals surface area (Å²) in [4.78, 5) is 0. The molecule has 0 aliphatic heterocycles. The number of sulfonamides is 1. The van der Waals surface area contributed by atoms with Gasteiger partial charge in [-0.15, -0.1) is 0 Å². The monoisotopic (exact) mass is 301 g/mol. The third-order valence-corrected chi connectivity index (χ3v) is 4.02. The number of benzene rings is 1. The standard InChI is InChI=1S/C12H19N3O4S/c1-9-5-3-6-10(11(9)12(13)14-16)15-20(17,18)8-4-7-19-2/h3,5-6,15-16H,4,7-8H2,1-2H3,(H2,13,14). The molecule has 1 rings (SSSR count). The van der Waals surface area contributed by atoms with Gasteiger partial charge >= 0.3 is 0 Å². The molecule has 0 fully saturated rings. The van der Waals surface area contributed by atoms with Crippen LogP contribution in [0.15, 0.2) is 23.4 Å². The first-order valence-corrected chi connectivity index (χ1v) is 7.63. The molecular formula is C12H19N3O4S. The van der Waals surface area contributed by atoms with Crippen LogP contribution in [0, 0.1) is 6.92 Å². The molecule has 112 valence electrons. The van der Waals surface area contributed by atoms with E-state index in [0.29, 0.717) is 24.2 Å². The Morgan fingerprint density at radius 2 is 2.20 bits per heavy atom. The quantitative estimate of drug-likeness (QED) is 0.227. The fraction of sp³-hybridized carbons (Fsp3) is 0.417. The average molecular weight is 301 g/mol. The van der Waals surface area contributed by atoms with Crippen molar-refractivity contribution in [1.82, 2.24) is 0 Å². The first-order chi connectivity index (χ1) is 9.41. The predicted molar refractivity (Wildman–Crippen MR) is 77.6 cm³/mol. The van der Waals surface area contributed by atoms with Crippen LogP contribution in [0.25, 0.3) is 0 Å². The van der Waals surface area contributed by atoms with Crippen LogP contribution in [0.2, 0.25) is 0 Å². The number of nitrogens with one attached hydrogen (secondary N) is 1. The Kier molecular flexibility index (Phi) is 5.78. The maximum atomic E-state index is 11.9. The van der Waals surface area contributed by atoms with Gasteiger partial charge in [-0.25, -0.2) is 8.42 Å². The van der Waals surface area contributed by atoms with Gasteiger partial charge in [-0.3, -0.25) is 4.72 Å². The van der Waals surface area contributed by atoms with Gasteiger partial charge in [0.15, 0.2) is 5.84 Å². The molecule has 0 amide bonds. The van der Waals surface area contributed by atoms with E-state index in [1.54, 1.807) is 25.1 Å². The molecule has 8 heteroatoms. The molecule has 20 heavy (non-hydrogen) atoms. The Morgan fingerprint density at radius 1 is 1.50 bits per heavy atom. The normalized spacial score (nSPS) is 12.4. The van der Waals surface area contributed by atoms with Crippen LogP contribution < -0.4 is 10.5 Å². The molecule has 7 nitrogen and oxygen atoms in total. The molecular weight excluding hydrogens is 282 g/mol. The maximum Gasteiger partial charge on any atom is 0.232 e. The summed E-state index contributed by atoms with van der Waals surface area (Å²) in [6.07, 6.45) is 0.385. The van der Waals surface area contributed by atoms with Crippen molar-refractivity contribution in [3.63, 3.8) is 0 Å². The van der Waals surface area contributed by atoms with E-state index in [1.165, 1.54) is 7.11 Å². The number of hydrogen-bond acceptors (Lipinski definition) is 5. The van der Waals surface area contributed by atoms with Gasteiger partial charge in [0.05, 0.1) is 11.4 Å². The molecule has 0 saturated carbocycles. The second-order valence-electron chi connectivity index (χ2n) is 4.25. The lowest BCUT2D eigenvalue weighted by Crippen LogP contribution is -2.22. The van der Waals surface area contributed by atoms with Crippen LogP contribution in [0.4, 0.5) is 5.69 Å². The molecule has 0 spiro atoms. The zero-order valence-electron chi connectivity index (χ0n) is 11.5. The number of aryl methyl sites for hydroxylation is 1. The summed E-state index contributed by atoms with van der Waals surface area (Å²) in [6, 6.07) is 5.00. The van der Waals surface area contributed by atoms with Gasteiger partial charge in [-0.05, 0) is 25.0 Å². The summed E-state index contributed by atoms with van der Waals surface area (Å²) in [5.74, 6) is -0.206. The highest BCUT2D eigenvalue weighted by Gasteiger charge is 2.16. The van der Waals surface area contributed by atoms with E-state index in [-0.39, 0.29) is 17.3 Å². The van der Waals surface area contributed by atoms with Gasteiger partial charge < -0.3 is 15.7 Å². The fourth-order valence-corrected chi connectivity index (χ4v) is 2.86. The number of ether oxygens (including phenoxy) is 1. The van der Waals surface area contributed by atoms with Gasteiger partial charge in [0.25, 0.3) is 0 Å². The molecule has 1 aromatic rings. The smallest absolute Gasteiger partial charge is 0.232 e. The molecule has 0 aromatic heterocycles. The minimum absolute atomic E-state index is 0.0651. The zero-order valence-corrected chi connectivity index (χ0v) is 12.3. The topological polar surface area (TPSA) is 114 Å². The molecule has 1 aromatic carbocycles. The van der Waals surface area contributed by atoms with Crippen molar-refractivity contribution in [2.24, 2.45) is 10.9 Å². The van der Waals surface area contributed by atoms with Crippen molar-refractivity contribution >= 4 is 21.5 Å². The van der Waals surface area contributed by atoms with Crippen molar-refractivity contribution in [1.29, 1.82) is 0 Å². The van der Waals surface area contributed by atoms with E-state index in [2.05, 4.69) is 9.88 Å². The third kappa shape index (κ3) is 4.39. The number of nitrogens with zero attached hydrogens (tertiary/aromatic N) is 1. The van der Waals surface area contributed by atoms with Crippen molar-refractivity contribution in [3.8, 4) is 0 Å². The summed E-state index contributed by atoms with van der Waals surface area (Å²) in [5, 5.41) is 11.7. The van der Waals surface area contributed by atoms with Crippen molar-refractivity contribution in [2.75, 3.05) is 24.2 Å². The van der Waals surface area contributed by atoms with Gasteiger partial charge in [0.2, 0.25) is 10.0 Å². The SMILES string of the molecule is COCCCS(=O)(=O)Nc1cccc(C)c1/C(N)=N/O. The first kappa shape index (κ1) is 16.3. The van der Waals surface area contributed by atoms with Crippen molar-refractivity contribution in [2.45, 2.75) is 13.3 Å². The van der Waals surface area contributed by atoms with Gasteiger partial charge in [-0.1, -0.05) is 17.3 Å². The van der Waals surface area contributed by atoms with Crippen LogP contribution in [0.1, 0.15) is 17.5 Å². The largest absolute Gasteiger partial charge is 0.409 e. The molecule has 4 N–H and O–H groups in total. The first-order valence-electron chi connectivity index (χ1n) is 5.98. The molecule has 0 aliphatic rings. The van der Waals surface area contributed by atoms with E-state index in [1.807, 2.05) is 0 Å². The number of methoxy groups -OCH3 is 1. The Hall–Kier alpha value is -1.80. The van der Waals surface area contributed by atoms with Crippen LogP contribution in [-0.2, 0) is 14.8 Å². The number of oxime groups is 1. The van der Waals surface area contributed by atoms with Gasteiger partial charge in [-0.2, -0.15) is 0 Å². The zero-order chi connectivity index (χ0) is 15.2. The summed E-state index contributed by atoms with van der Waals surface area (Å²) >= 11 is 0. The summed E-state index contributed by atoms with van der Waals surface area (Å²) in [6.45, 7) is 2.11. The number of hydrogen-bond donors (Lipinski definition) is 3. The van der Waals surface area contributed by atoms with Crippen molar-refractivity contribution in [3.05, 3.63) is 29.3 Å². The Balaban J connectivity index is 3.01. The van der Waals surface area contributed by atoms with Crippen molar-refractivity contribution < 1.29 is 18.4 Å². The molecule has 0 unspecified atom stereocenters. The van der Waals surface area contributed by atoms with Crippen LogP contribution in [0.5, 0.6) is 0 Å². The highest BCUT2D eigenvalue weighted by molar-refractivity contribution is 7.92. The van der Waals surface area contributed by atoms with Crippen LogP contribution in [-0.4, -0.2) is 38.9 Å². The van der Waals surface area contributed by atoms with E-state index in [9.17, 15) is 8.42 Å². The number of anilines is 1. The van der Waals surface area contributed by atoms with E-state index < -0.39 is 10.0 Å². The Bertz CT molecular complexity index is 584. The molecule has 0 bridgehead atoms. The third-order valence-electron chi connectivity index (χ3n) is 2.66. The van der Waals surface area contributed by atoms with E-state index >= 15 is 0 Å². The lowest BCUT2D eigenvalue weighted by Gasteiger charge is -2.13. The van der Waals surface area contributed by atoms with E-state index in [0.717, 1.165) is 0 Å². The summed E-state index contributed by atoms with van der Waals surface area (Å²) in [5.41, 5.74) is 6.94. The molecule has 0 saturated heterocycles. The predicted octanol–water partition coefficient (Wildman–Crippen LogP) is 0.868. The number of rotatable bonds is 7. The number of amidine groups is 1. The molecule has 0 aliphatic carbocycles. The Labute approximate surface area is 118 Å². The minimum Gasteiger partial charge on any atom is -0.409 e. The number of nitrogens with two attached hydrogens (primary N) is 1. The molecule has 0 radical (unpaired) electrons. The van der Waals surface area contributed by atoms with Crippen LogP contribution >= 0.6 is 0 Å². The fourth-order valence-electron chi connectivity index (χ4n) is 1.75. The molecule has 0 atom stereocenters. The van der Waals surface area contributed by atoms with Gasteiger partial charge in [0, 0.05) is 19.3 Å². The van der Waals surface area contributed by atoms with Crippen LogP contribution in [0.3, 0.4) is 0 Å². The second kappa shape index (κ2) is 7.11.